The quantitative estimate of drug-likeness (QED) is 0.788. The Morgan fingerprint density at radius 2 is 2.00 bits per heavy atom. The maximum atomic E-state index is 11.4. The van der Waals surface area contributed by atoms with Gasteiger partial charge in [-0.1, -0.05) is 22.0 Å². The van der Waals surface area contributed by atoms with E-state index in [1.165, 1.54) is 6.08 Å². The second-order valence-electron chi connectivity index (χ2n) is 3.34. The molecule has 0 spiro atoms. The number of nitrogens with one attached hydrogen (secondary N) is 1. The largest absolute Gasteiger partial charge is 0.289 e. The van der Waals surface area contributed by atoms with Crippen molar-refractivity contribution in [1.29, 1.82) is 0 Å². The molecular formula is C11H8BrNO2. The molecule has 0 bridgehead atoms. The van der Waals surface area contributed by atoms with Crippen molar-refractivity contribution in [2.24, 2.45) is 0 Å². The van der Waals surface area contributed by atoms with E-state index in [4.69, 9.17) is 0 Å². The highest BCUT2D eigenvalue weighted by molar-refractivity contribution is 9.10. The van der Waals surface area contributed by atoms with Crippen LogP contribution in [0.4, 0.5) is 0 Å². The van der Waals surface area contributed by atoms with Crippen LogP contribution in [0.5, 0.6) is 0 Å². The first-order chi connectivity index (χ1) is 7.08. The van der Waals surface area contributed by atoms with Crippen LogP contribution in [0.25, 0.3) is 5.57 Å². The van der Waals surface area contributed by atoms with Gasteiger partial charge in [-0.25, -0.2) is 0 Å². The van der Waals surface area contributed by atoms with Crippen LogP contribution in [0.15, 0.2) is 28.7 Å². The Labute approximate surface area is 95.3 Å². The second kappa shape index (κ2) is 3.62. The van der Waals surface area contributed by atoms with Crippen molar-refractivity contribution in [2.75, 3.05) is 0 Å². The average Bonchev–Trinajstić information content (AvgIpc) is 2.50. The van der Waals surface area contributed by atoms with Gasteiger partial charge < -0.3 is 0 Å². The van der Waals surface area contributed by atoms with Gasteiger partial charge in [0, 0.05) is 10.5 Å². The van der Waals surface area contributed by atoms with Crippen molar-refractivity contribution in [2.45, 2.75) is 6.92 Å². The van der Waals surface area contributed by atoms with E-state index in [1.54, 1.807) is 0 Å². The fourth-order valence-corrected chi connectivity index (χ4v) is 1.86. The van der Waals surface area contributed by atoms with Gasteiger partial charge in [0.1, 0.15) is 0 Å². The van der Waals surface area contributed by atoms with E-state index >= 15 is 0 Å². The van der Waals surface area contributed by atoms with Crippen LogP contribution in [0.3, 0.4) is 0 Å². The number of rotatable bonds is 1. The van der Waals surface area contributed by atoms with Crippen molar-refractivity contribution in [3.05, 3.63) is 39.9 Å². The number of amides is 2. The summed E-state index contributed by atoms with van der Waals surface area (Å²) in [5, 5.41) is 2.23. The molecule has 0 atom stereocenters. The summed E-state index contributed by atoms with van der Waals surface area (Å²) < 4.78 is 0.885. The van der Waals surface area contributed by atoms with Crippen LogP contribution in [-0.2, 0) is 9.59 Å². The molecule has 0 unspecified atom stereocenters. The predicted molar refractivity (Wildman–Crippen MR) is 60.0 cm³/mol. The van der Waals surface area contributed by atoms with E-state index in [-0.39, 0.29) is 11.8 Å². The van der Waals surface area contributed by atoms with Crippen molar-refractivity contribution < 1.29 is 9.59 Å². The monoisotopic (exact) mass is 265 g/mol. The van der Waals surface area contributed by atoms with E-state index in [0.717, 1.165) is 15.6 Å². The zero-order valence-corrected chi connectivity index (χ0v) is 9.59. The smallest absolute Gasteiger partial charge is 0.258 e. The molecule has 0 aliphatic carbocycles. The molecule has 1 N–H and O–H groups in total. The van der Waals surface area contributed by atoms with Gasteiger partial charge in [-0.05, 0) is 30.2 Å². The van der Waals surface area contributed by atoms with E-state index < -0.39 is 0 Å². The fraction of sp³-hybridized carbons (Fsp3) is 0.0909. The van der Waals surface area contributed by atoms with Crippen molar-refractivity contribution in [3.8, 4) is 0 Å². The lowest BCUT2D eigenvalue weighted by atomic mass is 10.0. The minimum absolute atomic E-state index is 0.332. The molecule has 2 amide bonds. The molecular weight excluding hydrogens is 258 g/mol. The zero-order chi connectivity index (χ0) is 11.0. The highest BCUT2D eigenvalue weighted by Crippen LogP contribution is 2.25. The fourth-order valence-electron chi connectivity index (χ4n) is 1.50. The molecule has 3 nitrogen and oxygen atoms in total. The zero-order valence-electron chi connectivity index (χ0n) is 8.00. The molecule has 1 heterocycles. The standard InChI is InChI=1S/C11H8BrNO2/c1-6-2-3-7(12)4-8(6)9-5-10(14)13-11(9)15/h2-5H,1H3,(H,13,14,15). The number of imide groups is 1. The molecule has 1 aromatic rings. The third-order valence-electron chi connectivity index (χ3n) is 2.25. The summed E-state index contributed by atoms with van der Waals surface area (Å²) in [5.74, 6) is -0.685. The van der Waals surface area contributed by atoms with Gasteiger partial charge in [0.05, 0.1) is 5.57 Å². The molecule has 0 saturated carbocycles. The summed E-state index contributed by atoms with van der Waals surface area (Å²) in [6.07, 6.45) is 1.33. The minimum Gasteiger partial charge on any atom is -0.289 e. The third kappa shape index (κ3) is 1.85. The molecule has 0 radical (unpaired) electrons. The topological polar surface area (TPSA) is 46.2 Å². The van der Waals surface area contributed by atoms with Crippen LogP contribution in [0.2, 0.25) is 0 Å². The molecule has 0 saturated heterocycles. The predicted octanol–water partition coefficient (Wildman–Crippen LogP) is 1.80. The first-order valence-corrected chi connectivity index (χ1v) is 5.21. The highest BCUT2D eigenvalue weighted by Gasteiger charge is 2.23. The summed E-state index contributed by atoms with van der Waals surface area (Å²) in [6, 6.07) is 5.63. The van der Waals surface area contributed by atoms with Gasteiger partial charge in [0.15, 0.2) is 0 Å². The van der Waals surface area contributed by atoms with Crippen molar-refractivity contribution >= 4 is 33.3 Å². The Morgan fingerprint density at radius 1 is 1.27 bits per heavy atom. The van der Waals surface area contributed by atoms with Crippen LogP contribution < -0.4 is 5.32 Å². The van der Waals surface area contributed by atoms with E-state index in [2.05, 4.69) is 21.2 Å². The Morgan fingerprint density at radius 3 is 2.60 bits per heavy atom. The van der Waals surface area contributed by atoms with Crippen LogP contribution in [-0.4, -0.2) is 11.8 Å². The maximum Gasteiger partial charge on any atom is 0.258 e. The third-order valence-corrected chi connectivity index (χ3v) is 2.74. The molecule has 1 aromatic carbocycles. The van der Waals surface area contributed by atoms with Crippen molar-refractivity contribution in [1.82, 2.24) is 5.32 Å². The highest BCUT2D eigenvalue weighted by atomic mass is 79.9. The molecule has 1 aliphatic heterocycles. The summed E-state index contributed by atoms with van der Waals surface area (Å²) in [7, 11) is 0. The van der Waals surface area contributed by atoms with Crippen LogP contribution in [0.1, 0.15) is 11.1 Å². The normalized spacial score (nSPS) is 15.2. The van der Waals surface area contributed by atoms with E-state index in [9.17, 15) is 9.59 Å². The van der Waals surface area contributed by atoms with E-state index in [1.807, 2.05) is 25.1 Å². The molecule has 0 aromatic heterocycles. The Hall–Kier alpha value is -1.42. The summed E-state index contributed by atoms with van der Waals surface area (Å²) in [5.41, 5.74) is 2.18. The number of carbonyl (C=O) groups excluding carboxylic acids is 2. The number of hydrogen-bond acceptors (Lipinski definition) is 2. The molecule has 76 valence electrons. The molecule has 0 fully saturated rings. The molecule has 2 rings (SSSR count). The van der Waals surface area contributed by atoms with Crippen LogP contribution in [0, 0.1) is 6.92 Å². The SMILES string of the molecule is Cc1ccc(Br)cc1C1=CC(=O)NC1=O. The number of carbonyl (C=O) groups is 2. The van der Waals surface area contributed by atoms with Gasteiger partial charge in [-0.15, -0.1) is 0 Å². The van der Waals surface area contributed by atoms with Crippen molar-refractivity contribution in [3.63, 3.8) is 0 Å². The molecule has 4 heteroatoms. The number of halogens is 1. The summed E-state index contributed by atoms with van der Waals surface area (Å²) in [4.78, 5) is 22.4. The van der Waals surface area contributed by atoms with Gasteiger partial charge in [0.25, 0.3) is 11.8 Å². The van der Waals surface area contributed by atoms with Crippen LogP contribution >= 0.6 is 15.9 Å². The lowest BCUT2D eigenvalue weighted by molar-refractivity contribution is -0.123. The number of benzene rings is 1. The van der Waals surface area contributed by atoms with Gasteiger partial charge in [0.2, 0.25) is 0 Å². The molecule has 1 aliphatic rings. The molecule has 15 heavy (non-hydrogen) atoms. The Balaban J connectivity index is 2.54. The lowest BCUT2D eigenvalue weighted by Crippen LogP contribution is -2.21. The Bertz CT molecular complexity index is 491. The average molecular weight is 266 g/mol. The number of aryl methyl sites for hydroxylation is 1. The summed E-state index contributed by atoms with van der Waals surface area (Å²) >= 11 is 3.33. The number of hydrogen-bond donors (Lipinski definition) is 1. The summed E-state index contributed by atoms with van der Waals surface area (Å²) in [6.45, 7) is 1.90. The minimum atomic E-state index is -0.352. The second-order valence-corrected chi connectivity index (χ2v) is 4.25. The first kappa shape index (κ1) is 10.1. The lowest BCUT2D eigenvalue weighted by Gasteiger charge is -2.05. The maximum absolute atomic E-state index is 11.4. The van der Waals surface area contributed by atoms with Gasteiger partial charge >= 0.3 is 0 Å². The van der Waals surface area contributed by atoms with E-state index in [0.29, 0.717) is 5.57 Å². The Kier molecular flexibility index (Phi) is 2.44. The van der Waals surface area contributed by atoms with Gasteiger partial charge in [-0.3, -0.25) is 14.9 Å². The first-order valence-electron chi connectivity index (χ1n) is 4.41. The van der Waals surface area contributed by atoms with Gasteiger partial charge in [-0.2, -0.15) is 0 Å².